The Morgan fingerprint density at radius 1 is 1.44 bits per heavy atom. The molecule has 0 aliphatic rings. The first-order valence-corrected chi connectivity index (χ1v) is 7.09. The van der Waals surface area contributed by atoms with Crippen LogP contribution in [0.3, 0.4) is 0 Å². The predicted molar refractivity (Wildman–Crippen MR) is 67.6 cm³/mol. The zero-order valence-corrected chi connectivity index (χ0v) is 11.3. The van der Waals surface area contributed by atoms with Crippen LogP contribution in [0.25, 0.3) is 0 Å². The summed E-state index contributed by atoms with van der Waals surface area (Å²) in [7, 11) is 0. The number of ether oxygens (including phenoxy) is 1. The summed E-state index contributed by atoms with van der Waals surface area (Å²) in [6, 6.07) is 0. The van der Waals surface area contributed by atoms with Crippen LogP contribution in [0.15, 0.2) is 0 Å². The maximum atomic E-state index is 12.9. The molecule has 0 aromatic carbocycles. The highest BCUT2D eigenvalue weighted by molar-refractivity contribution is 8.00. The van der Waals surface area contributed by atoms with E-state index in [2.05, 4.69) is 0 Å². The average molecular weight is 250 g/mol. The van der Waals surface area contributed by atoms with Gasteiger partial charge in [0, 0.05) is 0 Å². The molecule has 0 aliphatic carbocycles. The van der Waals surface area contributed by atoms with Crippen LogP contribution in [-0.2, 0) is 9.53 Å². The van der Waals surface area contributed by atoms with E-state index in [1.807, 2.05) is 20.8 Å². The van der Waals surface area contributed by atoms with Crippen molar-refractivity contribution in [3.63, 3.8) is 0 Å². The number of carbonyl (C=O) groups excluding carboxylic acids is 1. The predicted octanol–water partition coefficient (Wildman–Crippen LogP) is 3.59. The second kappa shape index (κ2) is 9.94. The fourth-order valence-electron chi connectivity index (χ4n) is 1.16. The fraction of sp³-hybridized carbons (Fsp3) is 0.917. The van der Waals surface area contributed by atoms with Crippen molar-refractivity contribution < 1.29 is 13.9 Å². The highest BCUT2D eigenvalue weighted by Crippen LogP contribution is 2.16. The monoisotopic (exact) mass is 250 g/mol. The molecular weight excluding hydrogens is 227 g/mol. The van der Waals surface area contributed by atoms with Crippen molar-refractivity contribution in [3.05, 3.63) is 0 Å². The van der Waals surface area contributed by atoms with Crippen LogP contribution in [0, 0.1) is 0 Å². The van der Waals surface area contributed by atoms with E-state index in [0.29, 0.717) is 19.4 Å². The van der Waals surface area contributed by atoms with E-state index in [4.69, 9.17) is 4.74 Å². The Bertz CT molecular complexity index is 188. The third-order valence-electron chi connectivity index (χ3n) is 2.25. The summed E-state index contributed by atoms with van der Waals surface area (Å²) < 4.78 is 17.9. The molecule has 0 bridgehead atoms. The molecule has 0 amide bonds. The van der Waals surface area contributed by atoms with E-state index in [9.17, 15) is 9.18 Å². The van der Waals surface area contributed by atoms with Gasteiger partial charge in [0.15, 0.2) is 0 Å². The maximum Gasteiger partial charge on any atom is 0.318 e. The van der Waals surface area contributed by atoms with Crippen molar-refractivity contribution in [1.29, 1.82) is 0 Å². The molecular formula is C12H23FO2S. The SMILES string of the molecule is CCCOC(=O)C(C)SCCCC(F)CC. The van der Waals surface area contributed by atoms with Crippen molar-refractivity contribution in [3.8, 4) is 0 Å². The summed E-state index contributed by atoms with van der Waals surface area (Å²) in [5.41, 5.74) is 0. The number of carbonyl (C=O) groups is 1. The normalized spacial score (nSPS) is 14.5. The first-order valence-electron chi connectivity index (χ1n) is 6.04. The van der Waals surface area contributed by atoms with E-state index in [0.717, 1.165) is 18.6 Å². The van der Waals surface area contributed by atoms with E-state index in [1.165, 1.54) is 0 Å². The molecule has 96 valence electrons. The number of halogens is 1. The Kier molecular flexibility index (Phi) is 9.78. The van der Waals surface area contributed by atoms with Crippen LogP contribution in [-0.4, -0.2) is 29.8 Å². The minimum absolute atomic E-state index is 0.133. The Morgan fingerprint density at radius 2 is 2.12 bits per heavy atom. The van der Waals surface area contributed by atoms with Crippen LogP contribution in [0.5, 0.6) is 0 Å². The highest BCUT2D eigenvalue weighted by Gasteiger charge is 2.14. The third kappa shape index (κ3) is 7.97. The summed E-state index contributed by atoms with van der Waals surface area (Å²) in [6.07, 6.45) is 2.16. The first kappa shape index (κ1) is 15.8. The number of alkyl halides is 1. The van der Waals surface area contributed by atoms with Gasteiger partial charge in [0.1, 0.15) is 0 Å². The standard InChI is InChI=1S/C12H23FO2S/c1-4-8-15-12(14)10(3)16-9-6-7-11(13)5-2/h10-11H,4-9H2,1-3H3. The Labute approximate surface area is 102 Å². The number of thioether (sulfide) groups is 1. The van der Waals surface area contributed by atoms with Crippen LogP contribution >= 0.6 is 11.8 Å². The van der Waals surface area contributed by atoms with Crippen LogP contribution in [0.2, 0.25) is 0 Å². The van der Waals surface area contributed by atoms with Gasteiger partial charge in [-0.2, -0.15) is 0 Å². The van der Waals surface area contributed by atoms with Crippen molar-refractivity contribution in [1.82, 2.24) is 0 Å². The van der Waals surface area contributed by atoms with Gasteiger partial charge in [-0.15, -0.1) is 11.8 Å². The van der Waals surface area contributed by atoms with Gasteiger partial charge in [-0.1, -0.05) is 13.8 Å². The lowest BCUT2D eigenvalue weighted by molar-refractivity contribution is -0.142. The van der Waals surface area contributed by atoms with E-state index < -0.39 is 6.17 Å². The summed E-state index contributed by atoms with van der Waals surface area (Å²) in [5, 5.41) is -0.133. The Balaban J connectivity index is 3.49. The minimum Gasteiger partial charge on any atom is -0.465 e. The van der Waals surface area contributed by atoms with Gasteiger partial charge in [0.25, 0.3) is 0 Å². The lowest BCUT2D eigenvalue weighted by atomic mass is 10.2. The molecule has 0 rings (SSSR count). The van der Waals surface area contributed by atoms with Crippen molar-refractivity contribution in [2.75, 3.05) is 12.4 Å². The molecule has 0 radical (unpaired) electrons. The smallest absolute Gasteiger partial charge is 0.318 e. The molecule has 16 heavy (non-hydrogen) atoms. The molecule has 0 saturated carbocycles. The summed E-state index contributed by atoms with van der Waals surface area (Å²) >= 11 is 1.55. The number of rotatable bonds is 9. The van der Waals surface area contributed by atoms with Gasteiger partial charge in [-0.25, -0.2) is 4.39 Å². The molecule has 0 aromatic rings. The molecule has 0 fully saturated rings. The highest BCUT2D eigenvalue weighted by atomic mass is 32.2. The fourth-order valence-corrected chi connectivity index (χ4v) is 2.05. The van der Waals surface area contributed by atoms with Gasteiger partial charge in [0.05, 0.1) is 18.0 Å². The van der Waals surface area contributed by atoms with E-state index in [1.54, 1.807) is 11.8 Å². The molecule has 4 heteroatoms. The van der Waals surface area contributed by atoms with Crippen LogP contribution < -0.4 is 0 Å². The number of esters is 1. The number of hydrogen-bond acceptors (Lipinski definition) is 3. The molecule has 0 aromatic heterocycles. The summed E-state index contributed by atoms with van der Waals surface area (Å²) in [6.45, 7) is 6.15. The lowest BCUT2D eigenvalue weighted by Crippen LogP contribution is -2.18. The average Bonchev–Trinajstić information content (AvgIpc) is 2.30. The largest absolute Gasteiger partial charge is 0.465 e. The molecule has 2 unspecified atom stereocenters. The van der Waals surface area contributed by atoms with Gasteiger partial charge >= 0.3 is 5.97 Å². The van der Waals surface area contributed by atoms with Crippen LogP contribution in [0.4, 0.5) is 4.39 Å². The maximum absolute atomic E-state index is 12.9. The Morgan fingerprint density at radius 3 is 2.69 bits per heavy atom. The zero-order chi connectivity index (χ0) is 12.4. The van der Waals surface area contributed by atoms with Crippen molar-refractivity contribution in [2.24, 2.45) is 0 Å². The van der Waals surface area contributed by atoms with Crippen LogP contribution in [0.1, 0.15) is 46.5 Å². The molecule has 0 aliphatic heterocycles. The van der Waals surface area contributed by atoms with Gasteiger partial charge in [-0.3, -0.25) is 4.79 Å². The molecule has 0 N–H and O–H groups in total. The summed E-state index contributed by atoms with van der Waals surface area (Å²) in [5.74, 6) is 0.669. The topological polar surface area (TPSA) is 26.3 Å². The minimum atomic E-state index is -0.692. The molecule has 0 heterocycles. The first-order chi connectivity index (χ1) is 7.61. The molecule has 2 atom stereocenters. The number of hydrogen-bond donors (Lipinski definition) is 0. The lowest BCUT2D eigenvalue weighted by Gasteiger charge is -2.11. The van der Waals surface area contributed by atoms with Gasteiger partial charge in [0.2, 0.25) is 0 Å². The van der Waals surface area contributed by atoms with Crippen molar-refractivity contribution in [2.45, 2.75) is 57.9 Å². The van der Waals surface area contributed by atoms with E-state index in [-0.39, 0.29) is 11.2 Å². The van der Waals surface area contributed by atoms with Gasteiger partial charge < -0.3 is 4.74 Å². The third-order valence-corrected chi connectivity index (χ3v) is 3.47. The molecule has 2 nitrogen and oxygen atoms in total. The van der Waals surface area contributed by atoms with Crippen molar-refractivity contribution >= 4 is 17.7 Å². The molecule has 0 saturated heterocycles. The zero-order valence-electron chi connectivity index (χ0n) is 10.5. The second-order valence-corrected chi connectivity index (χ2v) is 5.28. The quantitative estimate of drug-likeness (QED) is 0.462. The van der Waals surface area contributed by atoms with E-state index >= 15 is 0 Å². The Hall–Kier alpha value is -0.250. The summed E-state index contributed by atoms with van der Waals surface area (Å²) in [4.78, 5) is 11.4. The molecule has 0 spiro atoms. The van der Waals surface area contributed by atoms with Gasteiger partial charge in [-0.05, 0) is 38.4 Å². The second-order valence-electron chi connectivity index (χ2n) is 3.83.